The molecule has 1 saturated heterocycles. The summed E-state index contributed by atoms with van der Waals surface area (Å²) in [6, 6.07) is 3.47. The van der Waals surface area contributed by atoms with Crippen molar-refractivity contribution in [3.8, 4) is 0 Å². The lowest BCUT2D eigenvalue weighted by Crippen LogP contribution is -2.53. The van der Waals surface area contributed by atoms with Crippen LogP contribution in [0.25, 0.3) is 0 Å². The molecule has 1 fully saturated rings. The Labute approximate surface area is 105 Å². The van der Waals surface area contributed by atoms with Gasteiger partial charge in [0.05, 0.1) is 5.92 Å². The Morgan fingerprint density at radius 3 is 2.67 bits per heavy atom. The summed E-state index contributed by atoms with van der Waals surface area (Å²) in [5.41, 5.74) is 0. The van der Waals surface area contributed by atoms with Gasteiger partial charge in [0.15, 0.2) is 5.76 Å². The van der Waals surface area contributed by atoms with E-state index in [0.29, 0.717) is 18.8 Å². The van der Waals surface area contributed by atoms with Crippen LogP contribution in [0.15, 0.2) is 16.5 Å². The quantitative estimate of drug-likeness (QED) is 0.883. The second-order valence-electron chi connectivity index (χ2n) is 4.72. The minimum Gasteiger partial charge on any atom is -0.481 e. The Morgan fingerprint density at radius 2 is 2.17 bits per heavy atom. The van der Waals surface area contributed by atoms with E-state index in [0.717, 1.165) is 12.2 Å². The van der Waals surface area contributed by atoms with Crippen LogP contribution < -0.4 is 0 Å². The predicted octanol–water partition coefficient (Wildman–Crippen LogP) is 1.63. The summed E-state index contributed by atoms with van der Waals surface area (Å²) >= 11 is 0. The molecule has 0 saturated carbocycles. The minimum atomic E-state index is -0.807. The second kappa shape index (κ2) is 4.84. The molecule has 5 nitrogen and oxygen atoms in total. The number of aliphatic carboxylic acids is 1. The molecule has 1 amide bonds. The first kappa shape index (κ1) is 12.7. The fourth-order valence-electron chi connectivity index (χ4n) is 2.04. The number of carboxylic acid groups (broad SMARTS) is 1. The first-order valence-electron chi connectivity index (χ1n) is 6.13. The highest BCUT2D eigenvalue weighted by Gasteiger charge is 2.38. The molecule has 0 bridgehead atoms. The fourth-order valence-corrected chi connectivity index (χ4v) is 2.04. The molecule has 2 heterocycles. The van der Waals surface area contributed by atoms with E-state index < -0.39 is 11.9 Å². The lowest BCUT2D eigenvalue weighted by atomic mass is 9.87. The summed E-state index contributed by atoms with van der Waals surface area (Å²) in [6.07, 6.45) is 0.756. The van der Waals surface area contributed by atoms with E-state index in [2.05, 4.69) is 0 Å². The number of amides is 1. The predicted molar refractivity (Wildman–Crippen MR) is 64.3 cm³/mol. The summed E-state index contributed by atoms with van der Waals surface area (Å²) in [6.45, 7) is 4.63. The molecule has 0 spiro atoms. The van der Waals surface area contributed by atoms with Gasteiger partial charge in [-0.2, -0.15) is 0 Å². The molecule has 1 aromatic rings. The highest BCUT2D eigenvalue weighted by atomic mass is 16.4. The van der Waals surface area contributed by atoms with Crippen LogP contribution in [0.1, 0.15) is 30.2 Å². The molecular weight excluding hydrogens is 234 g/mol. The third-order valence-electron chi connectivity index (χ3n) is 3.51. The Hall–Kier alpha value is -1.78. The Morgan fingerprint density at radius 1 is 1.50 bits per heavy atom. The average Bonchev–Trinajstić information content (AvgIpc) is 2.74. The molecule has 0 aromatic carbocycles. The second-order valence-corrected chi connectivity index (χ2v) is 4.72. The highest BCUT2D eigenvalue weighted by molar-refractivity contribution is 5.92. The molecule has 18 heavy (non-hydrogen) atoms. The number of likely N-dealkylation sites (tertiary alicyclic amines) is 1. The van der Waals surface area contributed by atoms with Crippen LogP contribution in [-0.4, -0.2) is 35.0 Å². The standard InChI is InChI=1S/C13H17NO4/c1-3-10-4-5-11(18-10)12(15)14-6-9(7-14)8(2)13(16)17/h4-5,8-9H,3,6-7H2,1-2H3,(H,16,17). The molecule has 1 aromatic heterocycles. The summed E-state index contributed by atoms with van der Waals surface area (Å²) in [7, 11) is 0. The largest absolute Gasteiger partial charge is 0.481 e. The third-order valence-corrected chi connectivity index (χ3v) is 3.51. The van der Waals surface area contributed by atoms with E-state index in [4.69, 9.17) is 9.52 Å². The number of carboxylic acids is 1. The van der Waals surface area contributed by atoms with Gasteiger partial charge in [0.25, 0.3) is 5.91 Å². The molecule has 1 aliphatic rings. The maximum absolute atomic E-state index is 12.0. The molecule has 2 rings (SSSR count). The van der Waals surface area contributed by atoms with Crippen molar-refractivity contribution in [2.45, 2.75) is 20.3 Å². The number of furan rings is 1. The normalized spacial score (nSPS) is 17.3. The summed E-state index contributed by atoms with van der Waals surface area (Å²) < 4.78 is 5.39. The number of hydrogen-bond acceptors (Lipinski definition) is 3. The smallest absolute Gasteiger partial charge is 0.306 e. The summed E-state index contributed by atoms with van der Waals surface area (Å²) in [4.78, 5) is 24.4. The first-order chi connectivity index (χ1) is 8.52. The van der Waals surface area contributed by atoms with Gasteiger partial charge in [-0.3, -0.25) is 9.59 Å². The van der Waals surface area contributed by atoms with Gasteiger partial charge < -0.3 is 14.4 Å². The minimum absolute atomic E-state index is 0.0482. The third kappa shape index (κ3) is 2.25. The van der Waals surface area contributed by atoms with Crippen molar-refractivity contribution in [1.82, 2.24) is 4.90 Å². The van der Waals surface area contributed by atoms with Crippen molar-refractivity contribution < 1.29 is 19.1 Å². The molecule has 0 aliphatic carbocycles. The van der Waals surface area contributed by atoms with Gasteiger partial charge in [0.2, 0.25) is 0 Å². The number of nitrogens with zero attached hydrogens (tertiary/aromatic N) is 1. The Kier molecular flexibility index (Phi) is 3.41. The van der Waals surface area contributed by atoms with Crippen molar-refractivity contribution in [2.24, 2.45) is 11.8 Å². The topological polar surface area (TPSA) is 70.8 Å². The maximum atomic E-state index is 12.0. The van der Waals surface area contributed by atoms with Gasteiger partial charge in [0.1, 0.15) is 5.76 Å². The number of rotatable bonds is 4. The van der Waals surface area contributed by atoms with Crippen LogP contribution >= 0.6 is 0 Å². The molecule has 1 unspecified atom stereocenters. The van der Waals surface area contributed by atoms with Crippen molar-refractivity contribution in [3.05, 3.63) is 23.7 Å². The van der Waals surface area contributed by atoms with E-state index in [1.807, 2.05) is 6.92 Å². The van der Waals surface area contributed by atoms with Crippen molar-refractivity contribution in [1.29, 1.82) is 0 Å². The number of carbonyl (C=O) groups is 2. The van der Waals surface area contributed by atoms with Gasteiger partial charge >= 0.3 is 5.97 Å². The van der Waals surface area contributed by atoms with Gasteiger partial charge in [-0.1, -0.05) is 13.8 Å². The number of hydrogen-bond donors (Lipinski definition) is 1. The molecular formula is C13H17NO4. The van der Waals surface area contributed by atoms with Crippen molar-refractivity contribution in [2.75, 3.05) is 13.1 Å². The summed E-state index contributed by atoms with van der Waals surface area (Å²) in [5.74, 6) is -0.187. The van der Waals surface area contributed by atoms with Crippen LogP contribution in [0.2, 0.25) is 0 Å². The molecule has 1 atom stereocenters. The van der Waals surface area contributed by atoms with E-state index in [9.17, 15) is 9.59 Å². The zero-order valence-corrected chi connectivity index (χ0v) is 10.5. The molecule has 0 radical (unpaired) electrons. The monoisotopic (exact) mass is 251 g/mol. The van der Waals surface area contributed by atoms with Crippen molar-refractivity contribution in [3.63, 3.8) is 0 Å². The number of carbonyl (C=O) groups excluding carboxylic acids is 1. The molecule has 1 aliphatic heterocycles. The van der Waals surface area contributed by atoms with Crippen LogP contribution in [0.3, 0.4) is 0 Å². The van der Waals surface area contributed by atoms with E-state index in [-0.39, 0.29) is 11.8 Å². The van der Waals surface area contributed by atoms with Gasteiger partial charge in [-0.25, -0.2) is 0 Å². The maximum Gasteiger partial charge on any atom is 0.306 e. The Balaban J connectivity index is 1.92. The van der Waals surface area contributed by atoms with Crippen LogP contribution in [0, 0.1) is 11.8 Å². The van der Waals surface area contributed by atoms with Gasteiger partial charge in [-0.05, 0) is 12.1 Å². The van der Waals surface area contributed by atoms with Gasteiger partial charge in [-0.15, -0.1) is 0 Å². The zero-order chi connectivity index (χ0) is 13.3. The van der Waals surface area contributed by atoms with Crippen molar-refractivity contribution >= 4 is 11.9 Å². The van der Waals surface area contributed by atoms with Crippen LogP contribution in [-0.2, 0) is 11.2 Å². The van der Waals surface area contributed by atoms with Crippen LogP contribution in [0.5, 0.6) is 0 Å². The first-order valence-corrected chi connectivity index (χ1v) is 6.13. The van der Waals surface area contributed by atoms with E-state index >= 15 is 0 Å². The highest BCUT2D eigenvalue weighted by Crippen LogP contribution is 2.26. The Bertz CT molecular complexity index is 459. The van der Waals surface area contributed by atoms with Crippen LogP contribution in [0.4, 0.5) is 0 Å². The molecule has 5 heteroatoms. The lowest BCUT2D eigenvalue weighted by Gasteiger charge is -2.40. The zero-order valence-electron chi connectivity index (χ0n) is 10.5. The summed E-state index contributed by atoms with van der Waals surface area (Å²) in [5, 5.41) is 8.87. The lowest BCUT2D eigenvalue weighted by molar-refractivity contribution is -0.144. The molecule has 1 N–H and O–H groups in total. The molecule has 98 valence electrons. The average molecular weight is 251 g/mol. The SMILES string of the molecule is CCc1ccc(C(=O)N2CC(C(C)C(=O)O)C2)o1. The fraction of sp³-hybridized carbons (Fsp3) is 0.538. The number of aryl methyl sites for hydroxylation is 1. The van der Waals surface area contributed by atoms with E-state index in [1.54, 1.807) is 24.0 Å². The van der Waals surface area contributed by atoms with E-state index in [1.165, 1.54) is 0 Å². The van der Waals surface area contributed by atoms with Gasteiger partial charge in [0, 0.05) is 25.4 Å².